The van der Waals surface area contributed by atoms with E-state index in [1.165, 1.54) is 5.56 Å². The van der Waals surface area contributed by atoms with Gasteiger partial charge in [0.25, 0.3) is 5.91 Å². The second kappa shape index (κ2) is 11.3. The zero-order valence-electron chi connectivity index (χ0n) is 17.8. The highest BCUT2D eigenvalue weighted by atomic mass is 35.5. The summed E-state index contributed by atoms with van der Waals surface area (Å²) in [5.74, 6) is 0.606. The molecular formula is C25H27ClN2O3. The molecule has 0 aliphatic heterocycles. The highest BCUT2D eigenvalue weighted by molar-refractivity contribution is 6.32. The minimum atomic E-state index is -0.272. The van der Waals surface area contributed by atoms with Crippen molar-refractivity contribution in [2.45, 2.75) is 26.8 Å². The van der Waals surface area contributed by atoms with Gasteiger partial charge in [0, 0.05) is 17.9 Å². The van der Waals surface area contributed by atoms with E-state index >= 15 is 0 Å². The van der Waals surface area contributed by atoms with Crippen molar-refractivity contribution in [3.05, 3.63) is 82.9 Å². The van der Waals surface area contributed by atoms with Crippen molar-refractivity contribution in [2.75, 3.05) is 23.8 Å². The maximum atomic E-state index is 12.2. The van der Waals surface area contributed by atoms with Crippen LogP contribution in [0, 0.1) is 0 Å². The van der Waals surface area contributed by atoms with Gasteiger partial charge in [-0.2, -0.15) is 0 Å². The van der Waals surface area contributed by atoms with Gasteiger partial charge < -0.3 is 20.1 Å². The van der Waals surface area contributed by atoms with E-state index in [0.29, 0.717) is 35.4 Å². The van der Waals surface area contributed by atoms with Gasteiger partial charge in [-0.1, -0.05) is 48.9 Å². The van der Waals surface area contributed by atoms with E-state index < -0.39 is 0 Å². The minimum absolute atomic E-state index is 0.171. The summed E-state index contributed by atoms with van der Waals surface area (Å²) in [5.41, 5.74) is 3.99. The van der Waals surface area contributed by atoms with E-state index in [-0.39, 0.29) is 12.5 Å². The molecule has 0 radical (unpaired) electrons. The molecule has 0 atom stereocenters. The first-order valence-electron chi connectivity index (χ1n) is 10.3. The van der Waals surface area contributed by atoms with Gasteiger partial charge in [-0.15, -0.1) is 0 Å². The van der Waals surface area contributed by atoms with E-state index in [0.717, 1.165) is 17.7 Å². The van der Waals surface area contributed by atoms with Crippen LogP contribution in [0.3, 0.4) is 0 Å². The number of hydrogen-bond donors (Lipinski definition) is 2. The maximum absolute atomic E-state index is 12.2. The first-order chi connectivity index (χ1) is 15.1. The van der Waals surface area contributed by atoms with Crippen LogP contribution in [0.25, 0.3) is 0 Å². The largest absolute Gasteiger partial charge is 0.490 e. The molecular weight excluding hydrogens is 412 g/mol. The molecule has 3 rings (SSSR count). The van der Waals surface area contributed by atoms with Crippen LogP contribution in [-0.4, -0.2) is 19.1 Å². The highest BCUT2D eigenvalue weighted by Crippen LogP contribution is 2.37. The molecule has 0 aromatic heterocycles. The molecule has 31 heavy (non-hydrogen) atoms. The number of hydrogen-bond acceptors (Lipinski definition) is 4. The molecule has 0 unspecified atom stereocenters. The number of ether oxygens (including phenoxy) is 2. The Labute approximate surface area is 188 Å². The molecule has 6 heteroatoms. The van der Waals surface area contributed by atoms with Gasteiger partial charge in [-0.25, -0.2) is 0 Å². The van der Waals surface area contributed by atoms with Crippen molar-refractivity contribution >= 4 is 28.9 Å². The van der Waals surface area contributed by atoms with Gasteiger partial charge in [0.2, 0.25) is 0 Å². The molecule has 2 N–H and O–H groups in total. The second-order valence-electron chi connectivity index (χ2n) is 6.94. The number of rotatable bonds is 10. The third kappa shape index (κ3) is 6.66. The molecule has 3 aromatic carbocycles. The van der Waals surface area contributed by atoms with E-state index in [2.05, 4.69) is 41.8 Å². The lowest BCUT2D eigenvalue weighted by atomic mass is 10.1. The van der Waals surface area contributed by atoms with Crippen LogP contribution < -0.4 is 20.1 Å². The Morgan fingerprint density at radius 3 is 2.32 bits per heavy atom. The molecule has 0 fully saturated rings. The van der Waals surface area contributed by atoms with Crippen LogP contribution in [-0.2, 0) is 17.8 Å². The topological polar surface area (TPSA) is 59.6 Å². The Bertz CT molecular complexity index is 992. The average molecular weight is 439 g/mol. The zero-order chi connectivity index (χ0) is 22.1. The minimum Gasteiger partial charge on any atom is -0.490 e. The molecule has 3 aromatic rings. The third-order valence-electron chi connectivity index (χ3n) is 4.63. The molecule has 0 saturated heterocycles. The molecule has 0 heterocycles. The summed E-state index contributed by atoms with van der Waals surface area (Å²) in [7, 11) is 0. The van der Waals surface area contributed by atoms with Gasteiger partial charge in [0.1, 0.15) is 0 Å². The van der Waals surface area contributed by atoms with E-state index in [4.69, 9.17) is 21.1 Å². The molecule has 5 nitrogen and oxygen atoms in total. The Kier molecular flexibility index (Phi) is 8.19. The molecule has 0 spiro atoms. The molecule has 0 aliphatic rings. The summed E-state index contributed by atoms with van der Waals surface area (Å²) < 4.78 is 11.4. The summed E-state index contributed by atoms with van der Waals surface area (Å²) in [4.78, 5) is 12.2. The van der Waals surface area contributed by atoms with Gasteiger partial charge >= 0.3 is 0 Å². The predicted octanol–water partition coefficient (Wildman–Crippen LogP) is 5.93. The Hall–Kier alpha value is -3.18. The molecule has 0 aliphatic carbocycles. The number of halogens is 1. The van der Waals surface area contributed by atoms with Gasteiger partial charge in [0.15, 0.2) is 18.1 Å². The van der Waals surface area contributed by atoms with Gasteiger partial charge in [-0.3, -0.25) is 4.79 Å². The third-order valence-corrected chi connectivity index (χ3v) is 4.91. The molecule has 0 saturated carbocycles. The van der Waals surface area contributed by atoms with Crippen LogP contribution in [0.4, 0.5) is 11.4 Å². The normalized spacial score (nSPS) is 10.4. The lowest BCUT2D eigenvalue weighted by Gasteiger charge is -2.16. The average Bonchev–Trinajstić information content (AvgIpc) is 2.78. The standard InChI is InChI=1S/C25H27ClN2O3/c1-3-18-10-12-20(13-11-18)27-16-19-14-22(26)25(23(15-19)30-4-2)31-17-24(29)28-21-8-6-5-7-9-21/h5-15,27H,3-4,16-17H2,1-2H3,(H,28,29). The number of aryl methyl sites for hydroxylation is 1. The Balaban J connectivity index is 1.65. The van der Waals surface area contributed by atoms with Crippen LogP contribution >= 0.6 is 11.6 Å². The Morgan fingerprint density at radius 2 is 1.65 bits per heavy atom. The SMILES string of the molecule is CCOc1cc(CNc2ccc(CC)cc2)cc(Cl)c1OCC(=O)Nc1ccccc1. The number of nitrogens with one attached hydrogen (secondary N) is 2. The van der Waals surface area contributed by atoms with Gasteiger partial charge in [0.05, 0.1) is 11.6 Å². The summed E-state index contributed by atoms with van der Waals surface area (Å²) in [5, 5.41) is 6.57. The second-order valence-corrected chi connectivity index (χ2v) is 7.35. The number of anilines is 2. The van der Waals surface area contributed by atoms with Crippen molar-refractivity contribution in [3.8, 4) is 11.5 Å². The summed E-state index contributed by atoms with van der Waals surface area (Å²) in [6.07, 6.45) is 1.01. The van der Waals surface area contributed by atoms with Crippen molar-refractivity contribution in [2.24, 2.45) is 0 Å². The summed E-state index contributed by atoms with van der Waals surface area (Å²) >= 11 is 6.47. The lowest BCUT2D eigenvalue weighted by Crippen LogP contribution is -2.20. The fourth-order valence-electron chi connectivity index (χ4n) is 3.05. The van der Waals surface area contributed by atoms with E-state index in [1.54, 1.807) is 0 Å². The van der Waals surface area contributed by atoms with Crippen LogP contribution in [0.2, 0.25) is 5.02 Å². The first-order valence-corrected chi connectivity index (χ1v) is 10.7. The number of amides is 1. The Morgan fingerprint density at radius 1 is 0.903 bits per heavy atom. The lowest BCUT2D eigenvalue weighted by molar-refractivity contribution is -0.118. The zero-order valence-corrected chi connectivity index (χ0v) is 18.5. The van der Waals surface area contributed by atoms with Crippen molar-refractivity contribution < 1.29 is 14.3 Å². The van der Waals surface area contributed by atoms with Crippen molar-refractivity contribution in [3.63, 3.8) is 0 Å². The molecule has 162 valence electrons. The van der Waals surface area contributed by atoms with Crippen molar-refractivity contribution in [1.29, 1.82) is 0 Å². The first kappa shape index (κ1) is 22.5. The van der Waals surface area contributed by atoms with Crippen molar-refractivity contribution in [1.82, 2.24) is 0 Å². The van der Waals surface area contributed by atoms with E-state index in [1.807, 2.05) is 49.4 Å². The monoisotopic (exact) mass is 438 g/mol. The maximum Gasteiger partial charge on any atom is 0.262 e. The number of benzene rings is 3. The smallest absolute Gasteiger partial charge is 0.262 e. The molecule has 1 amide bonds. The van der Waals surface area contributed by atoms with Crippen LogP contribution in [0.15, 0.2) is 66.7 Å². The van der Waals surface area contributed by atoms with Gasteiger partial charge in [-0.05, 0) is 60.9 Å². The number of carbonyl (C=O) groups excluding carboxylic acids is 1. The quantitative estimate of drug-likeness (QED) is 0.411. The summed E-state index contributed by atoms with van der Waals surface area (Å²) in [6.45, 7) is 4.89. The molecule has 0 bridgehead atoms. The number of para-hydroxylation sites is 1. The fraction of sp³-hybridized carbons (Fsp3) is 0.240. The van der Waals surface area contributed by atoms with E-state index in [9.17, 15) is 4.79 Å². The highest BCUT2D eigenvalue weighted by Gasteiger charge is 2.14. The summed E-state index contributed by atoms with van der Waals surface area (Å²) in [6, 6.07) is 21.3. The van der Waals surface area contributed by atoms with Crippen LogP contribution in [0.1, 0.15) is 25.0 Å². The predicted molar refractivity (Wildman–Crippen MR) is 126 cm³/mol. The fourth-order valence-corrected chi connectivity index (χ4v) is 3.33. The number of carbonyl (C=O) groups is 1. The van der Waals surface area contributed by atoms with Crippen LogP contribution in [0.5, 0.6) is 11.5 Å².